The van der Waals surface area contributed by atoms with Crippen LogP contribution < -0.4 is 4.90 Å². The molecular formula is C54H34N2OS. The molecule has 12 rings (SSSR count). The van der Waals surface area contributed by atoms with Crippen molar-refractivity contribution < 1.29 is 4.42 Å². The van der Waals surface area contributed by atoms with Crippen molar-refractivity contribution in [2.24, 2.45) is 0 Å². The van der Waals surface area contributed by atoms with E-state index in [-0.39, 0.29) is 0 Å². The Morgan fingerprint density at radius 3 is 1.86 bits per heavy atom. The number of fused-ring (bicyclic) bond motifs is 9. The van der Waals surface area contributed by atoms with E-state index < -0.39 is 0 Å². The van der Waals surface area contributed by atoms with Crippen molar-refractivity contribution in [2.75, 3.05) is 4.90 Å². The minimum absolute atomic E-state index is 0.866. The third-order valence-corrected chi connectivity index (χ3v) is 12.7. The van der Waals surface area contributed by atoms with Crippen LogP contribution in [0, 0.1) is 0 Å². The van der Waals surface area contributed by atoms with Gasteiger partial charge in [-0.15, -0.1) is 11.3 Å². The number of rotatable bonds is 6. The number of furan rings is 1. The number of thiophene rings is 1. The quantitative estimate of drug-likeness (QED) is 0.168. The summed E-state index contributed by atoms with van der Waals surface area (Å²) in [6, 6.07) is 74.3. The highest BCUT2D eigenvalue weighted by Gasteiger charge is 2.21. The molecule has 3 aromatic heterocycles. The third-order valence-electron chi connectivity index (χ3n) is 11.6. The highest BCUT2D eigenvalue weighted by atomic mass is 32.1. The standard InChI is InChI=1S/C54H34N2OS/c1-2-12-38(13-3-1)56-47-19-7-4-14-42(47)43-33-28-37(34-49(43)56)35-24-29-39(30-25-35)55(48-20-10-18-45-44-15-5-8-21-50(44)57-54(45)48)40-31-26-36(27-32-40)41-17-11-23-52-53(41)46-16-6-9-22-51(46)58-52/h1-34H. The van der Waals surface area contributed by atoms with Crippen LogP contribution in [-0.4, -0.2) is 4.57 Å². The van der Waals surface area contributed by atoms with Crippen LogP contribution in [0.2, 0.25) is 0 Å². The zero-order chi connectivity index (χ0) is 38.2. The Hall–Kier alpha value is -7.40. The molecule has 0 N–H and O–H groups in total. The Morgan fingerprint density at radius 2 is 1.03 bits per heavy atom. The molecule has 3 nitrogen and oxygen atoms in total. The molecule has 0 aliphatic rings. The topological polar surface area (TPSA) is 21.3 Å². The van der Waals surface area contributed by atoms with E-state index in [0.717, 1.165) is 50.3 Å². The zero-order valence-electron chi connectivity index (χ0n) is 31.3. The van der Waals surface area contributed by atoms with Crippen molar-refractivity contribution in [1.29, 1.82) is 0 Å². The number of hydrogen-bond donors (Lipinski definition) is 0. The summed E-state index contributed by atoms with van der Waals surface area (Å²) in [5.41, 5.74) is 13.2. The Bertz CT molecular complexity index is 3500. The minimum Gasteiger partial charge on any atom is -0.454 e. The molecule has 0 saturated carbocycles. The molecule has 0 saturated heterocycles. The fraction of sp³-hybridized carbons (Fsp3) is 0. The maximum absolute atomic E-state index is 6.64. The van der Waals surface area contributed by atoms with Gasteiger partial charge in [-0.1, -0.05) is 133 Å². The van der Waals surface area contributed by atoms with Crippen molar-refractivity contribution in [3.8, 4) is 27.9 Å². The van der Waals surface area contributed by atoms with Gasteiger partial charge < -0.3 is 13.9 Å². The molecule has 0 aliphatic carbocycles. The van der Waals surface area contributed by atoms with E-state index in [1.165, 1.54) is 58.7 Å². The van der Waals surface area contributed by atoms with Crippen LogP contribution in [-0.2, 0) is 0 Å². The molecule has 0 fully saturated rings. The summed E-state index contributed by atoms with van der Waals surface area (Å²) in [5, 5.41) is 7.34. The number of hydrogen-bond acceptors (Lipinski definition) is 3. The van der Waals surface area contributed by atoms with E-state index in [0.29, 0.717) is 0 Å². The second-order valence-electron chi connectivity index (χ2n) is 14.9. The predicted molar refractivity (Wildman–Crippen MR) is 247 cm³/mol. The van der Waals surface area contributed by atoms with Gasteiger partial charge in [0.1, 0.15) is 5.58 Å². The van der Waals surface area contributed by atoms with Crippen molar-refractivity contribution in [3.05, 3.63) is 206 Å². The van der Waals surface area contributed by atoms with E-state index in [2.05, 4.69) is 210 Å². The smallest absolute Gasteiger partial charge is 0.159 e. The van der Waals surface area contributed by atoms with Gasteiger partial charge in [-0.2, -0.15) is 0 Å². The second kappa shape index (κ2) is 13.1. The Labute approximate surface area is 338 Å². The van der Waals surface area contributed by atoms with Gasteiger partial charge in [0.2, 0.25) is 0 Å². The van der Waals surface area contributed by atoms with Crippen LogP contribution in [0.4, 0.5) is 17.1 Å². The SMILES string of the molecule is c1ccc(-n2c3ccccc3c3ccc(-c4ccc(N(c5ccc(-c6cccc7sc8ccccc8c67)cc5)c5cccc6c5oc5ccccc56)cc4)cc32)cc1. The molecule has 272 valence electrons. The molecule has 0 bridgehead atoms. The summed E-state index contributed by atoms with van der Waals surface area (Å²) < 4.78 is 11.6. The average molecular weight is 759 g/mol. The number of nitrogens with zero attached hydrogens (tertiary/aromatic N) is 2. The summed E-state index contributed by atoms with van der Waals surface area (Å²) in [4.78, 5) is 2.33. The maximum atomic E-state index is 6.64. The Morgan fingerprint density at radius 1 is 0.414 bits per heavy atom. The van der Waals surface area contributed by atoms with E-state index in [9.17, 15) is 0 Å². The maximum Gasteiger partial charge on any atom is 0.159 e. The van der Waals surface area contributed by atoms with Crippen LogP contribution in [0.15, 0.2) is 211 Å². The molecule has 0 amide bonds. The number of benzene rings is 9. The lowest BCUT2D eigenvalue weighted by Crippen LogP contribution is -2.10. The van der Waals surface area contributed by atoms with Gasteiger partial charge in [-0.05, 0) is 95.1 Å². The molecule has 0 radical (unpaired) electrons. The molecule has 12 aromatic rings. The van der Waals surface area contributed by atoms with Gasteiger partial charge in [0, 0.05) is 58.8 Å². The fourth-order valence-corrected chi connectivity index (χ4v) is 10.1. The molecule has 58 heavy (non-hydrogen) atoms. The van der Waals surface area contributed by atoms with E-state index >= 15 is 0 Å². The summed E-state index contributed by atoms with van der Waals surface area (Å²) in [7, 11) is 0. The molecule has 0 atom stereocenters. The molecule has 0 spiro atoms. The van der Waals surface area contributed by atoms with Gasteiger partial charge >= 0.3 is 0 Å². The molecule has 0 unspecified atom stereocenters. The lowest BCUT2D eigenvalue weighted by molar-refractivity contribution is 0.669. The highest BCUT2D eigenvalue weighted by molar-refractivity contribution is 7.25. The summed E-state index contributed by atoms with van der Waals surface area (Å²) in [5.74, 6) is 0. The van der Waals surface area contributed by atoms with Gasteiger partial charge in [-0.3, -0.25) is 0 Å². The lowest BCUT2D eigenvalue weighted by atomic mass is 9.99. The molecular weight excluding hydrogens is 725 g/mol. The molecule has 9 aromatic carbocycles. The first-order valence-corrected chi connectivity index (χ1v) is 20.5. The van der Waals surface area contributed by atoms with E-state index in [1.54, 1.807) is 0 Å². The van der Waals surface area contributed by atoms with Crippen molar-refractivity contribution in [3.63, 3.8) is 0 Å². The second-order valence-corrected chi connectivity index (χ2v) is 16.0. The van der Waals surface area contributed by atoms with Crippen LogP contribution in [0.1, 0.15) is 0 Å². The van der Waals surface area contributed by atoms with Crippen LogP contribution in [0.5, 0.6) is 0 Å². The van der Waals surface area contributed by atoms with Crippen LogP contribution in [0.25, 0.3) is 91.9 Å². The van der Waals surface area contributed by atoms with Crippen LogP contribution in [0.3, 0.4) is 0 Å². The Kier molecular flexibility index (Phi) is 7.40. The first-order chi connectivity index (χ1) is 28.8. The minimum atomic E-state index is 0.866. The van der Waals surface area contributed by atoms with Crippen LogP contribution >= 0.6 is 11.3 Å². The van der Waals surface area contributed by atoms with E-state index in [1.807, 2.05) is 17.4 Å². The lowest BCUT2D eigenvalue weighted by Gasteiger charge is -2.26. The van der Waals surface area contributed by atoms with Crippen molar-refractivity contribution in [1.82, 2.24) is 4.57 Å². The fourth-order valence-electron chi connectivity index (χ4n) is 8.95. The predicted octanol–water partition coefficient (Wildman–Crippen LogP) is 15.9. The summed E-state index contributed by atoms with van der Waals surface area (Å²) in [6.07, 6.45) is 0. The largest absolute Gasteiger partial charge is 0.454 e. The number of para-hydroxylation sites is 4. The van der Waals surface area contributed by atoms with Gasteiger partial charge in [0.25, 0.3) is 0 Å². The number of aromatic nitrogens is 1. The molecule has 4 heteroatoms. The summed E-state index contributed by atoms with van der Waals surface area (Å²) in [6.45, 7) is 0. The van der Waals surface area contributed by atoms with Crippen molar-refractivity contribution >= 4 is 92.3 Å². The Balaban J connectivity index is 0.992. The zero-order valence-corrected chi connectivity index (χ0v) is 32.2. The van der Waals surface area contributed by atoms with Gasteiger partial charge in [0.15, 0.2) is 5.58 Å². The van der Waals surface area contributed by atoms with Gasteiger partial charge in [-0.25, -0.2) is 0 Å². The van der Waals surface area contributed by atoms with Gasteiger partial charge in [0.05, 0.1) is 16.7 Å². The summed E-state index contributed by atoms with van der Waals surface area (Å²) >= 11 is 1.86. The number of anilines is 3. The van der Waals surface area contributed by atoms with E-state index in [4.69, 9.17) is 4.42 Å². The highest BCUT2D eigenvalue weighted by Crippen LogP contribution is 2.45. The average Bonchev–Trinajstić information content (AvgIpc) is 3.97. The first-order valence-electron chi connectivity index (χ1n) is 19.7. The molecule has 0 aliphatic heterocycles. The monoisotopic (exact) mass is 758 g/mol. The first kappa shape index (κ1) is 32.8. The normalized spacial score (nSPS) is 11.8. The third kappa shape index (κ3) is 5.12. The van der Waals surface area contributed by atoms with Crippen molar-refractivity contribution in [2.45, 2.75) is 0 Å². The molecule has 3 heterocycles.